The minimum atomic E-state index is -0.508. The minimum absolute atomic E-state index is 0.285. The van der Waals surface area contributed by atoms with Crippen LogP contribution in [-0.2, 0) is 9.53 Å². The van der Waals surface area contributed by atoms with Gasteiger partial charge in [0, 0.05) is 12.5 Å². The average molecular weight is 238 g/mol. The number of allylic oxidation sites excluding steroid dienone is 1. The molecule has 4 nitrogen and oxygen atoms in total. The van der Waals surface area contributed by atoms with Gasteiger partial charge in [-0.3, -0.25) is 4.79 Å². The maximum absolute atomic E-state index is 10.5. The van der Waals surface area contributed by atoms with Crippen LogP contribution in [-0.4, -0.2) is 17.7 Å². The van der Waals surface area contributed by atoms with Crippen LogP contribution in [0.1, 0.15) is 38.4 Å². The smallest absolute Gasteiger partial charge is 0.302 e. The number of ether oxygens (including phenoxy) is 1. The number of furan rings is 1. The van der Waals surface area contributed by atoms with E-state index in [2.05, 4.69) is 0 Å². The summed E-state index contributed by atoms with van der Waals surface area (Å²) in [5, 5.41) is 9.80. The molecule has 0 spiro atoms. The lowest BCUT2D eigenvalue weighted by Crippen LogP contribution is -1.99. The minimum Gasteiger partial charge on any atom is -0.472 e. The van der Waals surface area contributed by atoms with E-state index >= 15 is 0 Å². The van der Waals surface area contributed by atoms with E-state index in [4.69, 9.17) is 9.15 Å². The monoisotopic (exact) mass is 238 g/mol. The lowest BCUT2D eigenvalue weighted by atomic mass is 10.0. The maximum atomic E-state index is 10.5. The number of aliphatic hydroxyl groups is 1. The third-order valence-corrected chi connectivity index (χ3v) is 2.46. The van der Waals surface area contributed by atoms with Gasteiger partial charge < -0.3 is 14.3 Å². The molecular formula is C13H18O4. The quantitative estimate of drug-likeness (QED) is 0.611. The first-order valence-corrected chi connectivity index (χ1v) is 5.58. The van der Waals surface area contributed by atoms with E-state index < -0.39 is 6.10 Å². The van der Waals surface area contributed by atoms with Gasteiger partial charge in [0.25, 0.3) is 0 Å². The molecule has 1 atom stereocenters. The van der Waals surface area contributed by atoms with Gasteiger partial charge in [-0.1, -0.05) is 5.57 Å². The number of esters is 1. The van der Waals surface area contributed by atoms with Crippen LogP contribution in [0.4, 0.5) is 0 Å². The highest BCUT2D eigenvalue weighted by molar-refractivity contribution is 5.66. The van der Waals surface area contributed by atoms with Gasteiger partial charge in [-0.15, -0.1) is 0 Å². The average Bonchev–Trinajstić information content (AvgIpc) is 2.78. The number of hydrogen-bond donors (Lipinski definition) is 1. The van der Waals surface area contributed by atoms with Crippen molar-refractivity contribution in [2.45, 2.75) is 32.8 Å². The second kappa shape index (κ2) is 6.91. The summed E-state index contributed by atoms with van der Waals surface area (Å²) in [6.07, 6.45) is 5.81. The van der Waals surface area contributed by atoms with Crippen LogP contribution in [0.5, 0.6) is 0 Å². The Bertz CT molecular complexity index is 365. The molecule has 0 saturated carbocycles. The zero-order valence-electron chi connectivity index (χ0n) is 10.2. The number of carbonyl (C=O) groups excluding carboxylic acids is 1. The summed E-state index contributed by atoms with van der Waals surface area (Å²) >= 11 is 0. The highest BCUT2D eigenvalue weighted by Gasteiger charge is 2.08. The predicted molar refractivity (Wildman–Crippen MR) is 63.3 cm³/mol. The molecule has 0 saturated heterocycles. The number of rotatable bonds is 6. The van der Waals surface area contributed by atoms with E-state index in [1.54, 1.807) is 18.6 Å². The second-order valence-corrected chi connectivity index (χ2v) is 3.96. The summed E-state index contributed by atoms with van der Waals surface area (Å²) in [6, 6.07) is 1.75. The van der Waals surface area contributed by atoms with Crippen molar-refractivity contribution in [3.63, 3.8) is 0 Å². The standard InChI is InChI=1S/C13H18O4/c1-10(5-8-17-11(2)14)3-4-13(15)12-6-7-16-9-12/h5-7,9,13,15H,3-4,8H2,1-2H3/b10-5+. The SMILES string of the molecule is CC(=O)OC/C=C(\C)CCC(O)c1ccoc1. The summed E-state index contributed by atoms with van der Waals surface area (Å²) in [5.41, 5.74) is 1.88. The Labute approximate surface area is 101 Å². The molecular weight excluding hydrogens is 220 g/mol. The summed E-state index contributed by atoms with van der Waals surface area (Å²) in [5.74, 6) is -0.285. The molecule has 1 unspecified atom stereocenters. The molecule has 1 N–H and O–H groups in total. The van der Waals surface area contributed by atoms with Crippen molar-refractivity contribution >= 4 is 5.97 Å². The number of hydrogen-bond acceptors (Lipinski definition) is 4. The molecule has 0 aliphatic carbocycles. The fraction of sp³-hybridized carbons (Fsp3) is 0.462. The Hall–Kier alpha value is -1.55. The van der Waals surface area contributed by atoms with Crippen molar-refractivity contribution in [1.29, 1.82) is 0 Å². The third-order valence-electron chi connectivity index (χ3n) is 2.46. The van der Waals surface area contributed by atoms with Gasteiger partial charge in [-0.05, 0) is 31.9 Å². The summed E-state index contributed by atoms with van der Waals surface area (Å²) in [7, 11) is 0. The zero-order chi connectivity index (χ0) is 12.7. The molecule has 17 heavy (non-hydrogen) atoms. The molecule has 0 aromatic carbocycles. The molecule has 1 heterocycles. The van der Waals surface area contributed by atoms with Crippen molar-refractivity contribution in [1.82, 2.24) is 0 Å². The third kappa shape index (κ3) is 5.36. The number of carbonyl (C=O) groups is 1. The fourth-order valence-electron chi connectivity index (χ4n) is 1.40. The maximum Gasteiger partial charge on any atom is 0.302 e. The molecule has 0 fully saturated rings. The molecule has 0 radical (unpaired) electrons. The Balaban J connectivity index is 2.27. The lowest BCUT2D eigenvalue weighted by molar-refractivity contribution is -0.139. The first kappa shape index (κ1) is 13.5. The topological polar surface area (TPSA) is 59.7 Å². The van der Waals surface area contributed by atoms with E-state index in [0.717, 1.165) is 17.6 Å². The van der Waals surface area contributed by atoms with Crippen molar-refractivity contribution in [2.75, 3.05) is 6.61 Å². The van der Waals surface area contributed by atoms with E-state index in [9.17, 15) is 9.90 Å². The van der Waals surface area contributed by atoms with Crippen LogP contribution in [0.2, 0.25) is 0 Å². The first-order chi connectivity index (χ1) is 8.09. The van der Waals surface area contributed by atoms with Gasteiger partial charge in [-0.25, -0.2) is 0 Å². The first-order valence-electron chi connectivity index (χ1n) is 5.58. The van der Waals surface area contributed by atoms with E-state index in [0.29, 0.717) is 13.0 Å². The Kier molecular flexibility index (Phi) is 5.49. The van der Waals surface area contributed by atoms with Crippen molar-refractivity contribution < 1.29 is 19.1 Å². The second-order valence-electron chi connectivity index (χ2n) is 3.96. The van der Waals surface area contributed by atoms with Crippen LogP contribution in [0, 0.1) is 0 Å². The van der Waals surface area contributed by atoms with Crippen molar-refractivity contribution in [2.24, 2.45) is 0 Å². The molecule has 1 aromatic heterocycles. The van der Waals surface area contributed by atoms with Crippen LogP contribution in [0.3, 0.4) is 0 Å². The van der Waals surface area contributed by atoms with Crippen LogP contribution in [0.15, 0.2) is 34.7 Å². The van der Waals surface area contributed by atoms with Gasteiger partial charge in [-0.2, -0.15) is 0 Å². The molecule has 0 aliphatic rings. The van der Waals surface area contributed by atoms with Crippen LogP contribution < -0.4 is 0 Å². The molecule has 0 bridgehead atoms. The van der Waals surface area contributed by atoms with Gasteiger partial charge >= 0.3 is 5.97 Å². The molecule has 0 amide bonds. The normalized spacial score (nSPS) is 13.5. The lowest BCUT2D eigenvalue weighted by Gasteiger charge is -2.08. The molecule has 94 valence electrons. The highest BCUT2D eigenvalue weighted by atomic mass is 16.5. The van der Waals surface area contributed by atoms with Gasteiger partial charge in [0.1, 0.15) is 6.61 Å². The fourth-order valence-corrected chi connectivity index (χ4v) is 1.40. The Morgan fingerprint density at radius 2 is 2.35 bits per heavy atom. The van der Waals surface area contributed by atoms with Gasteiger partial charge in [0.2, 0.25) is 0 Å². The number of aliphatic hydroxyl groups excluding tert-OH is 1. The van der Waals surface area contributed by atoms with E-state index in [1.165, 1.54) is 6.92 Å². The van der Waals surface area contributed by atoms with Crippen LogP contribution in [0.25, 0.3) is 0 Å². The largest absolute Gasteiger partial charge is 0.472 e. The van der Waals surface area contributed by atoms with Crippen molar-refractivity contribution in [3.8, 4) is 0 Å². The summed E-state index contributed by atoms with van der Waals surface area (Å²) in [6.45, 7) is 3.63. The highest BCUT2D eigenvalue weighted by Crippen LogP contribution is 2.20. The predicted octanol–water partition coefficient (Wildman–Crippen LogP) is 2.60. The summed E-state index contributed by atoms with van der Waals surface area (Å²) in [4.78, 5) is 10.5. The summed E-state index contributed by atoms with van der Waals surface area (Å²) < 4.78 is 9.70. The Morgan fingerprint density at radius 3 is 2.94 bits per heavy atom. The van der Waals surface area contributed by atoms with Crippen LogP contribution >= 0.6 is 0 Å². The molecule has 0 aliphatic heterocycles. The van der Waals surface area contributed by atoms with E-state index in [1.807, 2.05) is 13.0 Å². The molecule has 1 rings (SSSR count). The Morgan fingerprint density at radius 1 is 1.59 bits per heavy atom. The van der Waals surface area contributed by atoms with Crippen molar-refractivity contribution in [3.05, 3.63) is 35.8 Å². The van der Waals surface area contributed by atoms with E-state index in [-0.39, 0.29) is 5.97 Å². The van der Waals surface area contributed by atoms with Gasteiger partial charge in [0.15, 0.2) is 0 Å². The molecule has 1 aromatic rings. The van der Waals surface area contributed by atoms with Gasteiger partial charge in [0.05, 0.1) is 18.6 Å². The molecule has 4 heteroatoms. The zero-order valence-corrected chi connectivity index (χ0v) is 10.2.